The van der Waals surface area contributed by atoms with Crippen LogP contribution in [0.3, 0.4) is 0 Å². The summed E-state index contributed by atoms with van der Waals surface area (Å²) in [6, 6.07) is 8.56. The molecule has 0 unspecified atom stereocenters. The summed E-state index contributed by atoms with van der Waals surface area (Å²) >= 11 is 0. The van der Waals surface area contributed by atoms with Crippen molar-refractivity contribution in [2.75, 3.05) is 19.9 Å². The van der Waals surface area contributed by atoms with Gasteiger partial charge >= 0.3 is 5.97 Å². The van der Waals surface area contributed by atoms with E-state index in [1.165, 1.54) is 0 Å². The van der Waals surface area contributed by atoms with Crippen LogP contribution in [0.25, 0.3) is 0 Å². The lowest BCUT2D eigenvalue weighted by Gasteiger charge is -2.21. The number of benzene rings is 1. The molecule has 0 saturated carbocycles. The summed E-state index contributed by atoms with van der Waals surface area (Å²) in [6.07, 6.45) is 1.66. The van der Waals surface area contributed by atoms with Crippen LogP contribution in [-0.4, -0.2) is 36.7 Å². The van der Waals surface area contributed by atoms with Crippen LogP contribution >= 0.6 is 0 Å². The number of fused-ring (bicyclic) bond motifs is 1. The topological polar surface area (TPSA) is 78.2 Å². The molecular formula is C18H19NO6. The summed E-state index contributed by atoms with van der Waals surface area (Å²) < 4.78 is 20.8. The van der Waals surface area contributed by atoms with Crippen LogP contribution in [-0.2, 0) is 16.1 Å². The highest BCUT2D eigenvalue weighted by atomic mass is 16.7. The summed E-state index contributed by atoms with van der Waals surface area (Å²) in [7, 11) is 0. The fourth-order valence-corrected chi connectivity index (χ4v) is 2.51. The maximum atomic E-state index is 12.9. The van der Waals surface area contributed by atoms with Gasteiger partial charge in [0, 0.05) is 12.1 Å². The second-order valence-corrected chi connectivity index (χ2v) is 5.43. The van der Waals surface area contributed by atoms with Crippen LogP contribution < -0.4 is 9.47 Å². The second kappa shape index (κ2) is 7.74. The molecule has 0 fully saturated rings. The zero-order chi connectivity index (χ0) is 17.6. The molecule has 7 heteroatoms. The van der Waals surface area contributed by atoms with Gasteiger partial charge in [-0.25, -0.2) is 0 Å². The zero-order valence-electron chi connectivity index (χ0n) is 13.9. The van der Waals surface area contributed by atoms with E-state index in [2.05, 4.69) is 0 Å². The minimum atomic E-state index is -0.342. The van der Waals surface area contributed by atoms with Crippen LogP contribution in [0.4, 0.5) is 0 Å². The first kappa shape index (κ1) is 16.9. The van der Waals surface area contributed by atoms with Crippen LogP contribution in [0.15, 0.2) is 41.0 Å². The van der Waals surface area contributed by atoms with Crippen molar-refractivity contribution in [3.63, 3.8) is 0 Å². The fourth-order valence-electron chi connectivity index (χ4n) is 2.51. The Morgan fingerprint density at radius 1 is 1.20 bits per heavy atom. The van der Waals surface area contributed by atoms with E-state index in [0.717, 1.165) is 0 Å². The van der Waals surface area contributed by atoms with Crippen molar-refractivity contribution in [1.82, 2.24) is 4.90 Å². The smallest absolute Gasteiger partial charge is 0.307 e. The van der Waals surface area contributed by atoms with E-state index < -0.39 is 0 Å². The molecule has 0 saturated heterocycles. The molecule has 3 rings (SSSR count). The number of carbonyl (C=O) groups excluding carboxylic acids is 2. The highest BCUT2D eigenvalue weighted by Crippen LogP contribution is 2.32. The van der Waals surface area contributed by atoms with Crippen LogP contribution in [0, 0.1) is 0 Å². The Labute approximate surface area is 145 Å². The molecule has 0 radical (unpaired) electrons. The Morgan fingerprint density at radius 3 is 2.80 bits per heavy atom. The molecule has 1 aromatic heterocycles. The largest absolute Gasteiger partial charge is 0.467 e. The third-order valence-electron chi connectivity index (χ3n) is 3.72. The van der Waals surface area contributed by atoms with Gasteiger partial charge in [0.25, 0.3) is 5.91 Å². The normalized spacial score (nSPS) is 12.0. The number of esters is 1. The lowest BCUT2D eigenvalue weighted by atomic mass is 10.1. The van der Waals surface area contributed by atoms with Gasteiger partial charge in [0.05, 0.1) is 25.8 Å². The molecule has 2 heterocycles. The molecule has 0 N–H and O–H groups in total. The Morgan fingerprint density at radius 2 is 2.04 bits per heavy atom. The molecule has 1 aliphatic heterocycles. The van der Waals surface area contributed by atoms with Crippen molar-refractivity contribution in [1.29, 1.82) is 0 Å². The lowest BCUT2D eigenvalue weighted by Crippen LogP contribution is -2.32. The SMILES string of the molecule is CCOC(=O)CCN(Cc1ccco1)C(=O)c1ccc2c(c1)OCO2. The quantitative estimate of drug-likeness (QED) is 0.718. The third-order valence-corrected chi connectivity index (χ3v) is 3.72. The lowest BCUT2D eigenvalue weighted by molar-refractivity contribution is -0.143. The molecule has 7 nitrogen and oxygen atoms in total. The highest BCUT2D eigenvalue weighted by molar-refractivity contribution is 5.95. The van der Waals surface area contributed by atoms with Gasteiger partial charge < -0.3 is 23.5 Å². The monoisotopic (exact) mass is 345 g/mol. The highest BCUT2D eigenvalue weighted by Gasteiger charge is 2.22. The average Bonchev–Trinajstić information content (AvgIpc) is 3.28. The maximum absolute atomic E-state index is 12.9. The van der Waals surface area contributed by atoms with E-state index in [4.69, 9.17) is 18.6 Å². The fraction of sp³-hybridized carbons (Fsp3) is 0.333. The Hall–Kier alpha value is -2.96. The zero-order valence-corrected chi connectivity index (χ0v) is 13.9. The van der Waals surface area contributed by atoms with Crippen molar-refractivity contribution >= 4 is 11.9 Å². The first-order valence-electron chi connectivity index (χ1n) is 8.04. The van der Waals surface area contributed by atoms with Gasteiger partial charge in [-0.3, -0.25) is 9.59 Å². The van der Waals surface area contributed by atoms with E-state index in [0.29, 0.717) is 29.4 Å². The molecule has 0 atom stereocenters. The molecule has 1 aliphatic rings. The number of furan rings is 1. The molecule has 0 bridgehead atoms. The molecule has 1 aromatic carbocycles. The predicted octanol–water partition coefficient (Wildman–Crippen LogP) is 2.60. The molecule has 0 spiro atoms. The standard InChI is InChI=1S/C18H19NO6/c1-2-22-17(20)7-8-19(11-14-4-3-9-23-14)18(21)13-5-6-15-16(10-13)25-12-24-15/h3-6,9-10H,2,7-8,11-12H2,1H3. The summed E-state index contributed by atoms with van der Waals surface area (Å²) in [6.45, 7) is 2.70. The molecule has 132 valence electrons. The molecule has 1 amide bonds. The first-order chi connectivity index (χ1) is 12.2. The minimum absolute atomic E-state index is 0.116. The Kier molecular flexibility index (Phi) is 5.23. The van der Waals surface area contributed by atoms with Crippen molar-refractivity contribution in [3.8, 4) is 11.5 Å². The van der Waals surface area contributed by atoms with E-state index in [1.54, 1.807) is 48.4 Å². The molecule has 2 aromatic rings. The van der Waals surface area contributed by atoms with Gasteiger partial charge in [-0.15, -0.1) is 0 Å². The van der Waals surface area contributed by atoms with Gasteiger partial charge in [-0.05, 0) is 37.3 Å². The second-order valence-electron chi connectivity index (χ2n) is 5.43. The third kappa shape index (κ3) is 4.12. The van der Waals surface area contributed by atoms with Crippen LogP contribution in [0.1, 0.15) is 29.5 Å². The van der Waals surface area contributed by atoms with Crippen molar-refractivity contribution in [2.24, 2.45) is 0 Å². The van der Waals surface area contributed by atoms with Crippen molar-refractivity contribution in [3.05, 3.63) is 47.9 Å². The molecule has 0 aliphatic carbocycles. The summed E-state index contributed by atoms with van der Waals surface area (Å²) in [4.78, 5) is 26.1. The van der Waals surface area contributed by atoms with E-state index in [-0.39, 0.29) is 38.2 Å². The summed E-state index contributed by atoms with van der Waals surface area (Å²) in [5, 5.41) is 0. The number of nitrogens with zero attached hydrogens (tertiary/aromatic N) is 1. The minimum Gasteiger partial charge on any atom is -0.467 e. The number of amides is 1. The Balaban J connectivity index is 1.74. The average molecular weight is 345 g/mol. The number of hydrogen-bond donors (Lipinski definition) is 0. The van der Waals surface area contributed by atoms with Crippen LogP contribution in [0.5, 0.6) is 11.5 Å². The van der Waals surface area contributed by atoms with E-state index in [9.17, 15) is 9.59 Å². The van der Waals surface area contributed by atoms with Gasteiger partial charge in [0.15, 0.2) is 11.5 Å². The van der Waals surface area contributed by atoms with Crippen molar-refractivity contribution < 1.29 is 28.2 Å². The summed E-state index contributed by atoms with van der Waals surface area (Å²) in [5.74, 6) is 1.22. The van der Waals surface area contributed by atoms with Gasteiger partial charge in [0.1, 0.15) is 5.76 Å². The molecular weight excluding hydrogens is 326 g/mol. The molecule has 25 heavy (non-hydrogen) atoms. The van der Waals surface area contributed by atoms with Gasteiger partial charge in [-0.2, -0.15) is 0 Å². The number of hydrogen-bond acceptors (Lipinski definition) is 6. The van der Waals surface area contributed by atoms with Gasteiger partial charge in [-0.1, -0.05) is 0 Å². The first-order valence-corrected chi connectivity index (χ1v) is 8.04. The predicted molar refractivity (Wildman–Crippen MR) is 87.3 cm³/mol. The Bertz CT molecular complexity index is 740. The van der Waals surface area contributed by atoms with Crippen molar-refractivity contribution in [2.45, 2.75) is 19.9 Å². The van der Waals surface area contributed by atoms with E-state index >= 15 is 0 Å². The number of carbonyl (C=O) groups is 2. The van der Waals surface area contributed by atoms with Crippen LogP contribution in [0.2, 0.25) is 0 Å². The summed E-state index contributed by atoms with van der Waals surface area (Å²) in [5.41, 5.74) is 0.458. The number of ether oxygens (including phenoxy) is 3. The van der Waals surface area contributed by atoms with Gasteiger partial charge in [0.2, 0.25) is 6.79 Å². The maximum Gasteiger partial charge on any atom is 0.307 e. The number of rotatable bonds is 7. The van der Waals surface area contributed by atoms with E-state index in [1.807, 2.05) is 0 Å².